The topological polar surface area (TPSA) is 46.5 Å². The fourth-order valence-electron chi connectivity index (χ4n) is 0.869. The van der Waals surface area contributed by atoms with Gasteiger partial charge in [0.25, 0.3) is 0 Å². The first-order valence-electron chi connectivity index (χ1n) is 3.43. The third kappa shape index (κ3) is 2.12. The monoisotopic (exact) mass is 386 g/mol. The van der Waals surface area contributed by atoms with Gasteiger partial charge < -0.3 is 9.84 Å². The number of carbonyl (C=O) groups excluding carboxylic acids is 1. The van der Waals surface area contributed by atoms with Crippen molar-refractivity contribution in [3.05, 3.63) is 25.0 Å². The standard InChI is InChI=1S/C8H5Br3O3/c1-14-8(13)5-3(9)2-4(10)7(12)6(5)11/h2,12H,1H3. The molecule has 0 heterocycles. The second-order valence-corrected chi connectivity index (χ2v) is 4.87. The summed E-state index contributed by atoms with van der Waals surface area (Å²) in [5.41, 5.74) is 0.258. The Morgan fingerprint density at radius 1 is 1.36 bits per heavy atom. The molecular weight excluding hydrogens is 384 g/mol. The molecule has 0 bridgehead atoms. The van der Waals surface area contributed by atoms with Gasteiger partial charge in [0.2, 0.25) is 0 Å². The van der Waals surface area contributed by atoms with E-state index in [4.69, 9.17) is 0 Å². The molecule has 0 fully saturated rings. The maximum atomic E-state index is 11.3. The Balaban J connectivity index is 3.44. The number of halogens is 3. The smallest absolute Gasteiger partial charge is 0.340 e. The molecule has 0 radical (unpaired) electrons. The lowest BCUT2D eigenvalue weighted by Crippen LogP contribution is -2.03. The summed E-state index contributed by atoms with van der Waals surface area (Å²) in [4.78, 5) is 11.3. The normalized spacial score (nSPS) is 10.0. The molecule has 1 N–H and O–H groups in total. The van der Waals surface area contributed by atoms with Crippen molar-refractivity contribution in [3.63, 3.8) is 0 Å². The van der Waals surface area contributed by atoms with E-state index in [0.29, 0.717) is 13.4 Å². The summed E-state index contributed by atoms with van der Waals surface area (Å²) in [7, 11) is 1.28. The lowest BCUT2D eigenvalue weighted by Gasteiger charge is -2.08. The highest BCUT2D eigenvalue weighted by molar-refractivity contribution is 9.11. The molecule has 0 aliphatic heterocycles. The summed E-state index contributed by atoms with van der Waals surface area (Å²) in [5.74, 6) is -0.555. The molecular formula is C8H5Br3O3. The van der Waals surface area contributed by atoms with E-state index < -0.39 is 5.97 Å². The van der Waals surface area contributed by atoms with Gasteiger partial charge in [-0.1, -0.05) is 0 Å². The quantitative estimate of drug-likeness (QED) is 0.749. The van der Waals surface area contributed by atoms with Crippen LogP contribution in [0.3, 0.4) is 0 Å². The molecule has 1 rings (SSSR count). The summed E-state index contributed by atoms with van der Waals surface area (Å²) in [6.07, 6.45) is 0. The van der Waals surface area contributed by atoms with Crippen molar-refractivity contribution in [2.45, 2.75) is 0 Å². The molecule has 0 saturated heterocycles. The van der Waals surface area contributed by atoms with Crippen molar-refractivity contribution in [2.24, 2.45) is 0 Å². The third-order valence-electron chi connectivity index (χ3n) is 1.54. The third-order valence-corrected chi connectivity index (χ3v) is 3.54. The highest BCUT2D eigenvalue weighted by Crippen LogP contribution is 2.39. The van der Waals surface area contributed by atoms with E-state index >= 15 is 0 Å². The Hall–Kier alpha value is -0.0700. The van der Waals surface area contributed by atoms with Crippen LogP contribution in [0.1, 0.15) is 10.4 Å². The Labute approximate surface area is 106 Å². The summed E-state index contributed by atoms with van der Waals surface area (Å²) < 4.78 is 5.90. The minimum atomic E-state index is -0.522. The zero-order valence-electron chi connectivity index (χ0n) is 6.97. The molecule has 0 aliphatic rings. The van der Waals surface area contributed by atoms with Gasteiger partial charge in [0.1, 0.15) is 5.75 Å². The van der Waals surface area contributed by atoms with Crippen LogP contribution in [0.5, 0.6) is 5.75 Å². The van der Waals surface area contributed by atoms with Gasteiger partial charge in [-0.05, 0) is 53.9 Å². The van der Waals surface area contributed by atoms with Gasteiger partial charge in [-0.15, -0.1) is 0 Å². The number of phenolic OH excluding ortho intramolecular Hbond substituents is 1. The summed E-state index contributed by atoms with van der Waals surface area (Å²) in [6, 6.07) is 1.58. The molecule has 14 heavy (non-hydrogen) atoms. The van der Waals surface area contributed by atoms with Crippen LogP contribution in [-0.2, 0) is 4.74 Å². The minimum absolute atomic E-state index is 0.0337. The van der Waals surface area contributed by atoms with Crippen molar-refractivity contribution >= 4 is 53.8 Å². The van der Waals surface area contributed by atoms with Gasteiger partial charge in [0.05, 0.1) is 21.6 Å². The Bertz CT molecular complexity index is 390. The van der Waals surface area contributed by atoms with Crippen LogP contribution >= 0.6 is 47.8 Å². The number of esters is 1. The minimum Gasteiger partial charge on any atom is -0.506 e. The molecule has 0 aliphatic carbocycles. The van der Waals surface area contributed by atoms with Crippen LogP contribution in [0.25, 0.3) is 0 Å². The van der Waals surface area contributed by atoms with Gasteiger partial charge >= 0.3 is 5.97 Å². The lowest BCUT2D eigenvalue weighted by atomic mass is 10.2. The molecule has 0 saturated carbocycles. The number of methoxy groups -OCH3 is 1. The summed E-state index contributed by atoms with van der Waals surface area (Å²) >= 11 is 9.45. The molecule has 0 spiro atoms. The second-order valence-electron chi connectivity index (χ2n) is 2.37. The van der Waals surface area contributed by atoms with Crippen LogP contribution in [0, 0.1) is 0 Å². The fraction of sp³-hybridized carbons (Fsp3) is 0.125. The maximum absolute atomic E-state index is 11.3. The van der Waals surface area contributed by atoms with Gasteiger partial charge in [-0.2, -0.15) is 0 Å². The largest absolute Gasteiger partial charge is 0.506 e. The number of ether oxygens (including phenoxy) is 1. The molecule has 0 atom stereocenters. The predicted molar refractivity (Wildman–Crippen MR) is 62.5 cm³/mol. The Kier molecular flexibility index (Phi) is 3.97. The van der Waals surface area contributed by atoms with Crippen LogP contribution in [0.15, 0.2) is 19.5 Å². The van der Waals surface area contributed by atoms with Crippen LogP contribution in [0.2, 0.25) is 0 Å². The molecule has 3 nitrogen and oxygen atoms in total. The van der Waals surface area contributed by atoms with Gasteiger partial charge in [-0.25, -0.2) is 4.79 Å². The first-order chi connectivity index (χ1) is 6.49. The first-order valence-corrected chi connectivity index (χ1v) is 5.81. The van der Waals surface area contributed by atoms with Crippen molar-refractivity contribution in [1.82, 2.24) is 0 Å². The number of hydrogen-bond acceptors (Lipinski definition) is 3. The molecule has 0 unspecified atom stereocenters. The van der Waals surface area contributed by atoms with Crippen molar-refractivity contribution in [3.8, 4) is 5.75 Å². The number of rotatable bonds is 1. The molecule has 6 heteroatoms. The van der Waals surface area contributed by atoms with E-state index in [0.717, 1.165) is 0 Å². The Morgan fingerprint density at radius 2 is 1.93 bits per heavy atom. The second kappa shape index (κ2) is 4.63. The predicted octanol–water partition coefficient (Wildman–Crippen LogP) is 3.47. The van der Waals surface area contributed by atoms with E-state index in [1.54, 1.807) is 6.07 Å². The summed E-state index contributed by atoms with van der Waals surface area (Å²) in [5, 5.41) is 9.53. The number of hydrogen-bond donors (Lipinski definition) is 1. The zero-order chi connectivity index (χ0) is 10.9. The zero-order valence-corrected chi connectivity index (χ0v) is 11.7. The van der Waals surface area contributed by atoms with Gasteiger partial charge in [0.15, 0.2) is 0 Å². The number of aromatic hydroxyl groups is 1. The number of phenols is 1. The average molecular weight is 389 g/mol. The van der Waals surface area contributed by atoms with Crippen LogP contribution < -0.4 is 0 Å². The van der Waals surface area contributed by atoms with Crippen molar-refractivity contribution in [2.75, 3.05) is 7.11 Å². The Morgan fingerprint density at radius 3 is 2.43 bits per heavy atom. The van der Waals surface area contributed by atoms with E-state index in [2.05, 4.69) is 52.5 Å². The van der Waals surface area contributed by atoms with Crippen molar-refractivity contribution < 1.29 is 14.6 Å². The highest BCUT2D eigenvalue weighted by Gasteiger charge is 2.19. The first kappa shape index (κ1) is 12.0. The average Bonchev–Trinajstić information content (AvgIpc) is 2.14. The fourth-order valence-corrected chi connectivity index (χ4v) is 3.31. The summed E-state index contributed by atoms with van der Waals surface area (Å²) in [6.45, 7) is 0. The van der Waals surface area contributed by atoms with Gasteiger partial charge in [0, 0.05) is 4.47 Å². The lowest BCUT2D eigenvalue weighted by molar-refractivity contribution is 0.0598. The molecule has 1 aromatic carbocycles. The van der Waals surface area contributed by atoms with Crippen molar-refractivity contribution in [1.29, 1.82) is 0 Å². The number of carbonyl (C=O) groups is 1. The molecule has 0 amide bonds. The molecule has 0 aromatic heterocycles. The van der Waals surface area contributed by atoms with E-state index in [9.17, 15) is 9.90 Å². The van der Waals surface area contributed by atoms with Gasteiger partial charge in [-0.3, -0.25) is 0 Å². The highest BCUT2D eigenvalue weighted by atomic mass is 79.9. The number of benzene rings is 1. The molecule has 76 valence electrons. The van der Waals surface area contributed by atoms with E-state index in [1.807, 2.05) is 0 Å². The maximum Gasteiger partial charge on any atom is 0.340 e. The van der Waals surface area contributed by atoms with Crippen LogP contribution in [0.4, 0.5) is 0 Å². The van der Waals surface area contributed by atoms with E-state index in [1.165, 1.54) is 7.11 Å². The molecule has 1 aromatic rings. The SMILES string of the molecule is COC(=O)c1c(Br)cc(Br)c(O)c1Br. The van der Waals surface area contributed by atoms with E-state index in [-0.39, 0.29) is 11.3 Å². The van der Waals surface area contributed by atoms with Crippen LogP contribution in [-0.4, -0.2) is 18.2 Å².